The maximum absolute atomic E-state index is 11.8. The fourth-order valence-electron chi connectivity index (χ4n) is 1.38. The van der Waals surface area contributed by atoms with Crippen LogP contribution >= 0.6 is 23.4 Å². The van der Waals surface area contributed by atoms with Crippen molar-refractivity contribution in [2.24, 2.45) is 0 Å². The number of carbonyl (C=O) groups excluding carboxylic acids is 1. The third-order valence-electron chi connectivity index (χ3n) is 2.57. The Hall–Kier alpha value is -0.670. The molecular formula is C13H18ClNOS. The summed E-state index contributed by atoms with van der Waals surface area (Å²) in [5, 5.41) is 2.82. The number of carbonyl (C=O) groups is 1. The summed E-state index contributed by atoms with van der Waals surface area (Å²) < 4.78 is 0. The minimum absolute atomic E-state index is 0.119. The van der Waals surface area contributed by atoms with Crippen LogP contribution in [0.15, 0.2) is 30.3 Å². The summed E-state index contributed by atoms with van der Waals surface area (Å²) in [6, 6.07) is 9.40. The second-order valence-electron chi connectivity index (χ2n) is 3.90. The molecule has 1 rings (SSSR count). The number of alkyl halides is 1. The fraction of sp³-hybridized carbons (Fsp3) is 0.462. The average Bonchev–Trinajstić information content (AvgIpc) is 2.38. The van der Waals surface area contributed by atoms with Crippen LogP contribution in [0.5, 0.6) is 0 Å². The van der Waals surface area contributed by atoms with Crippen LogP contribution < -0.4 is 5.32 Å². The first-order valence-electron chi connectivity index (χ1n) is 5.64. The van der Waals surface area contributed by atoms with Crippen molar-refractivity contribution < 1.29 is 4.79 Å². The van der Waals surface area contributed by atoms with E-state index in [4.69, 9.17) is 11.6 Å². The zero-order chi connectivity index (χ0) is 12.7. The van der Waals surface area contributed by atoms with Gasteiger partial charge in [-0.15, -0.1) is 11.6 Å². The van der Waals surface area contributed by atoms with Gasteiger partial charge in [-0.3, -0.25) is 4.79 Å². The van der Waals surface area contributed by atoms with E-state index in [0.717, 1.165) is 12.0 Å². The van der Waals surface area contributed by atoms with Crippen molar-refractivity contribution in [3.63, 3.8) is 0 Å². The minimum Gasteiger partial charge on any atom is -0.354 e. The van der Waals surface area contributed by atoms with Gasteiger partial charge in [0, 0.05) is 11.8 Å². The highest BCUT2D eigenvalue weighted by molar-refractivity contribution is 7.99. The van der Waals surface area contributed by atoms with E-state index in [1.165, 1.54) is 0 Å². The van der Waals surface area contributed by atoms with Gasteiger partial charge >= 0.3 is 0 Å². The van der Waals surface area contributed by atoms with Crippen molar-refractivity contribution in [3.05, 3.63) is 35.9 Å². The second-order valence-corrected chi connectivity index (χ2v) is 5.61. The van der Waals surface area contributed by atoms with Gasteiger partial charge < -0.3 is 5.32 Å². The van der Waals surface area contributed by atoms with Gasteiger partial charge in [0.15, 0.2) is 0 Å². The Balaban J connectivity index is 2.38. The molecule has 0 heterocycles. The summed E-state index contributed by atoms with van der Waals surface area (Å²) in [5.41, 5.74) is 0.838. The number of hydrogen-bond donors (Lipinski definition) is 1. The molecule has 0 bridgehead atoms. The van der Waals surface area contributed by atoms with E-state index in [1.807, 2.05) is 30.3 Å². The van der Waals surface area contributed by atoms with Gasteiger partial charge in [-0.25, -0.2) is 0 Å². The Morgan fingerprint density at radius 3 is 2.65 bits per heavy atom. The van der Waals surface area contributed by atoms with Crippen molar-refractivity contribution >= 4 is 29.3 Å². The number of halogens is 1. The average molecular weight is 272 g/mol. The molecule has 0 saturated heterocycles. The molecule has 2 unspecified atom stereocenters. The van der Waals surface area contributed by atoms with Gasteiger partial charge in [0.05, 0.1) is 0 Å². The lowest BCUT2D eigenvalue weighted by Crippen LogP contribution is -2.29. The molecule has 0 fully saturated rings. The van der Waals surface area contributed by atoms with Crippen LogP contribution in [-0.2, 0) is 4.79 Å². The zero-order valence-electron chi connectivity index (χ0n) is 10.2. The first kappa shape index (κ1) is 14.4. The Bertz CT molecular complexity index is 345. The topological polar surface area (TPSA) is 29.1 Å². The molecule has 0 saturated carbocycles. The van der Waals surface area contributed by atoms with Gasteiger partial charge in [-0.1, -0.05) is 37.3 Å². The molecule has 0 radical (unpaired) electrons. The predicted octanol–water partition coefficient (Wildman–Crippen LogP) is 3.22. The number of hydrogen-bond acceptors (Lipinski definition) is 2. The van der Waals surface area contributed by atoms with Crippen LogP contribution in [0.3, 0.4) is 0 Å². The largest absolute Gasteiger partial charge is 0.354 e. The summed E-state index contributed by atoms with van der Waals surface area (Å²) >= 11 is 7.89. The van der Waals surface area contributed by atoms with E-state index in [9.17, 15) is 4.79 Å². The van der Waals surface area contributed by atoms with Crippen molar-refractivity contribution in [1.29, 1.82) is 0 Å². The standard InChI is InChI=1S/C13H18ClNOS/c1-10(17-2)8-9-15-13(16)12(14)11-6-4-3-5-7-11/h3-7,10,12H,8-9H2,1-2H3,(H,15,16). The summed E-state index contributed by atoms with van der Waals surface area (Å²) in [7, 11) is 0. The molecule has 2 nitrogen and oxygen atoms in total. The molecule has 1 aromatic rings. The van der Waals surface area contributed by atoms with Crippen LogP contribution in [0, 0.1) is 0 Å². The molecule has 2 atom stereocenters. The highest BCUT2D eigenvalue weighted by Crippen LogP contribution is 2.19. The molecule has 0 aromatic heterocycles. The second kappa shape index (κ2) is 7.62. The number of amides is 1. The van der Waals surface area contributed by atoms with Crippen LogP contribution in [-0.4, -0.2) is 24.0 Å². The van der Waals surface area contributed by atoms with Crippen molar-refractivity contribution in [2.75, 3.05) is 12.8 Å². The van der Waals surface area contributed by atoms with Crippen molar-refractivity contribution in [3.8, 4) is 0 Å². The van der Waals surface area contributed by atoms with Gasteiger partial charge in [0.1, 0.15) is 5.38 Å². The molecule has 94 valence electrons. The molecule has 4 heteroatoms. The van der Waals surface area contributed by atoms with E-state index in [2.05, 4.69) is 18.5 Å². The summed E-state index contributed by atoms with van der Waals surface area (Å²) in [6.07, 6.45) is 3.03. The van der Waals surface area contributed by atoms with E-state index in [-0.39, 0.29) is 5.91 Å². The van der Waals surface area contributed by atoms with Gasteiger partial charge in [0.2, 0.25) is 5.91 Å². The Labute approximate surface area is 112 Å². The van der Waals surface area contributed by atoms with Gasteiger partial charge in [-0.2, -0.15) is 11.8 Å². The Kier molecular flexibility index (Phi) is 6.45. The molecular weight excluding hydrogens is 254 g/mol. The summed E-state index contributed by atoms with van der Waals surface area (Å²) in [4.78, 5) is 11.8. The highest BCUT2D eigenvalue weighted by Gasteiger charge is 2.16. The van der Waals surface area contributed by atoms with E-state index < -0.39 is 5.38 Å². The van der Waals surface area contributed by atoms with Crippen LogP contribution in [0.2, 0.25) is 0 Å². The number of benzene rings is 1. The van der Waals surface area contributed by atoms with E-state index in [1.54, 1.807) is 11.8 Å². The molecule has 0 aliphatic heterocycles. The smallest absolute Gasteiger partial charge is 0.242 e. The fourth-order valence-corrected chi connectivity index (χ4v) is 1.96. The van der Waals surface area contributed by atoms with Gasteiger partial charge in [-0.05, 0) is 18.2 Å². The van der Waals surface area contributed by atoms with E-state index in [0.29, 0.717) is 11.8 Å². The molecule has 17 heavy (non-hydrogen) atoms. The lowest BCUT2D eigenvalue weighted by Gasteiger charge is -2.12. The summed E-state index contributed by atoms with van der Waals surface area (Å²) in [5.74, 6) is -0.119. The maximum Gasteiger partial charge on any atom is 0.242 e. The third-order valence-corrected chi connectivity index (χ3v) is 4.07. The van der Waals surface area contributed by atoms with E-state index >= 15 is 0 Å². The maximum atomic E-state index is 11.8. The quantitative estimate of drug-likeness (QED) is 0.805. The number of rotatable bonds is 6. The lowest BCUT2D eigenvalue weighted by molar-refractivity contribution is -0.120. The first-order valence-corrected chi connectivity index (χ1v) is 7.37. The molecule has 1 amide bonds. The highest BCUT2D eigenvalue weighted by atomic mass is 35.5. The predicted molar refractivity (Wildman–Crippen MR) is 75.6 cm³/mol. The third kappa shape index (κ3) is 5.00. The SMILES string of the molecule is CSC(C)CCNC(=O)C(Cl)c1ccccc1. The zero-order valence-corrected chi connectivity index (χ0v) is 11.7. The van der Waals surface area contributed by atoms with Crippen LogP contribution in [0.25, 0.3) is 0 Å². The number of thioether (sulfide) groups is 1. The molecule has 0 aliphatic carbocycles. The van der Waals surface area contributed by atoms with Crippen molar-refractivity contribution in [1.82, 2.24) is 5.32 Å². The molecule has 0 aliphatic rings. The Morgan fingerprint density at radius 2 is 2.06 bits per heavy atom. The summed E-state index contributed by atoms with van der Waals surface area (Å²) in [6.45, 7) is 2.82. The van der Waals surface area contributed by atoms with Gasteiger partial charge in [0.25, 0.3) is 0 Å². The lowest BCUT2D eigenvalue weighted by atomic mass is 10.1. The van der Waals surface area contributed by atoms with Crippen LogP contribution in [0.4, 0.5) is 0 Å². The van der Waals surface area contributed by atoms with Crippen molar-refractivity contribution in [2.45, 2.75) is 24.0 Å². The van der Waals surface area contributed by atoms with Crippen LogP contribution in [0.1, 0.15) is 24.3 Å². The molecule has 1 N–H and O–H groups in total. The normalized spacial score (nSPS) is 14.1. The first-order chi connectivity index (χ1) is 8.15. The Morgan fingerprint density at radius 1 is 1.41 bits per heavy atom. The monoisotopic (exact) mass is 271 g/mol. The molecule has 0 spiro atoms. The minimum atomic E-state index is -0.596. The number of nitrogens with one attached hydrogen (secondary N) is 1. The molecule has 1 aromatic carbocycles.